The van der Waals surface area contributed by atoms with Gasteiger partial charge in [-0.05, 0) is 47.1 Å². The lowest BCUT2D eigenvalue weighted by atomic mass is 10.3. The Kier molecular flexibility index (Phi) is 3.94. The number of benzene rings is 1. The number of hydrogen-bond acceptors (Lipinski definition) is 2. The summed E-state index contributed by atoms with van der Waals surface area (Å²) in [4.78, 5) is 15.9. The minimum Gasteiger partial charge on any atom is -0.307 e. The number of nitrogens with one attached hydrogen (secondary N) is 2. The molecule has 0 aliphatic heterocycles. The van der Waals surface area contributed by atoms with E-state index in [4.69, 9.17) is 0 Å². The van der Waals surface area contributed by atoms with Crippen LogP contribution in [0.4, 0.5) is 16.2 Å². The number of pyridine rings is 1. The van der Waals surface area contributed by atoms with E-state index in [2.05, 4.69) is 31.5 Å². The Morgan fingerprint density at radius 3 is 2.61 bits per heavy atom. The van der Waals surface area contributed by atoms with Gasteiger partial charge < -0.3 is 10.6 Å². The summed E-state index contributed by atoms with van der Waals surface area (Å²) in [6, 6.07) is 10.8. The van der Waals surface area contributed by atoms with E-state index >= 15 is 0 Å². The lowest BCUT2D eigenvalue weighted by molar-refractivity contribution is 0.262. The number of halogens is 1. The van der Waals surface area contributed by atoms with Crippen LogP contribution in [0, 0.1) is 6.92 Å². The number of anilines is 2. The third-order valence-corrected chi connectivity index (χ3v) is 2.98. The fraction of sp³-hybridized carbons (Fsp3) is 0.0769. The predicted octanol–water partition coefficient (Wildman–Crippen LogP) is 3.80. The van der Waals surface area contributed by atoms with Crippen molar-refractivity contribution < 1.29 is 4.79 Å². The second-order valence-electron chi connectivity index (χ2n) is 3.75. The first-order chi connectivity index (χ1) is 8.65. The van der Waals surface area contributed by atoms with Crippen LogP contribution in [0.5, 0.6) is 0 Å². The van der Waals surface area contributed by atoms with E-state index in [1.54, 1.807) is 6.20 Å². The summed E-state index contributed by atoms with van der Waals surface area (Å²) in [7, 11) is 0. The molecule has 2 N–H and O–H groups in total. The molecule has 0 atom stereocenters. The van der Waals surface area contributed by atoms with E-state index in [1.807, 2.05) is 43.3 Å². The second kappa shape index (κ2) is 5.64. The average Bonchev–Trinajstić information content (AvgIpc) is 2.35. The van der Waals surface area contributed by atoms with Gasteiger partial charge >= 0.3 is 6.03 Å². The smallest absolute Gasteiger partial charge is 0.307 e. The summed E-state index contributed by atoms with van der Waals surface area (Å²) in [5.74, 6) is 0. The van der Waals surface area contributed by atoms with Gasteiger partial charge in [0, 0.05) is 10.2 Å². The zero-order valence-electron chi connectivity index (χ0n) is 9.77. The maximum Gasteiger partial charge on any atom is 0.323 e. The molecule has 2 aromatic rings. The summed E-state index contributed by atoms with van der Waals surface area (Å²) in [6.45, 7) is 1.89. The highest BCUT2D eigenvalue weighted by Gasteiger charge is 2.04. The minimum atomic E-state index is -0.299. The van der Waals surface area contributed by atoms with Gasteiger partial charge in [0.15, 0.2) is 0 Å². The van der Waals surface area contributed by atoms with Crippen LogP contribution in [0.1, 0.15) is 5.69 Å². The number of para-hydroxylation sites is 1. The minimum absolute atomic E-state index is 0.299. The average molecular weight is 306 g/mol. The molecule has 1 aromatic heterocycles. The second-order valence-corrected chi connectivity index (χ2v) is 4.60. The monoisotopic (exact) mass is 305 g/mol. The van der Waals surface area contributed by atoms with Crippen LogP contribution in [0.3, 0.4) is 0 Å². The van der Waals surface area contributed by atoms with E-state index in [0.717, 1.165) is 15.9 Å². The van der Waals surface area contributed by atoms with Gasteiger partial charge in [0.2, 0.25) is 0 Å². The van der Waals surface area contributed by atoms with Crippen molar-refractivity contribution in [2.24, 2.45) is 0 Å². The maximum absolute atomic E-state index is 11.7. The zero-order valence-corrected chi connectivity index (χ0v) is 11.4. The molecule has 0 unspecified atom stereocenters. The van der Waals surface area contributed by atoms with Crippen molar-refractivity contribution in [3.63, 3.8) is 0 Å². The molecular formula is C13H12BrN3O. The van der Waals surface area contributed by atoms with Crippen LogP contribution in [0.15, 0.2) is 47.1 Å². The van der Waals surface area contributed by atoms with Gasteiger partial charge in [-0.25, -0.2) is 4.79 Å². The van der Waals surface area contributed by atoms with Gasteiger partial charge in [0.05, 0.1) is 17.6 Å². The van der Waals surface area contributed by atoms with Crippen LogP contribution < -0.4 is 10.6 Å². The molecule has 1 heterocycles. The van der Waals surface area contributed by atoms with Gasteiger partial charge in [0.25, 0.3) is 0 Å². The quantitative estimate of drug-likeness (QED) is 0.886. The van der Waals surface area contributed by atoms with Crippen molar-refractivity contribution in [3.05, 3.63) is 52.8 Å². The Bertz CT molecular complexity index is 554. The first kappa shape index (κ1) is 12.6. The van der Waals surface area contributed by atoms with Crippen LogP contribution in [-0.2, 0) is 0 Å². The third kappa shape index (κ3) is 3.30. The molecule has 2 rings (SSSR count). The van der Waals surface area contributed by atoms with Gasteiger partial charge in [-0.3, -0.25) is 4.98 Å². The summed E-state index contributed by atoms with van der Waals surface area (Å²) in [5.41, 5.74) is 2.28. The normalized spacial score (nSPS) is 9.89. The molecule has 0 radical (unpaired) electrons. The topological polar surface area (TPSA) is 54.0 Å². The Morgan fingerprint density at radius 1 is 1.17 bits per heavy atom. The molecule has 1 aromatic carbocycles. The number of nitrogens with zero attached hydrogens (tertiary/aromatic N) is 1. The molecule has 0 saturated heterocycles. The largest absolute Gasteiger partial charge is 0.323 e. The van der Waals surface area contributed by atoms with Crippen LogP contribution >= 0.6 is 15.9 Å². The predicted molar refractivity (Wildman–Crippen MR) is 75.8 cm³/mol. The maximum atomic E-state index is 11.7. The lowest BCUT2D eigenvalue weighted by Gasteiger charge is -2.08. The molecule has 2 amide bonds. The highest BCUT2D eigenvalue weighted by molar-refractivity contribution is 9.10. The fourth-order valence-electron chi connectivity index (χ4n) is 1.39. The Hall–Kier alpha value is -1.88. The van der Waals surface area contributed by atoms with Crippen LogP contribution in [-0.4, -0.2) is 11.0 Å². The summed E-state index contributed by atoms with van der Waals surface area (Å²) in [5, 5.41) is 5.46. The van der Waals surface area contributed by atoms with Gasteiger partial charge in [0.1, 0.15) is 0 Å². The Balaban J connectivity index is 2.01. The van der Waals surface area contributed by atoms with Gasteiger partial charge in [-0.1, -0.05) is 12.1 Å². The molecule has 5 heteroatoms. The zero-order chi connectivity index (χ0) is 13.0. The van der Waals surface area contributed by atoms with Crippen molar-refractivity contribution in [1.82, 2.24) is 4.98 Å². The fourth-order valence-corrected chi connectivity index (χ4v) is 1.77. The SMILES string of the molecule is Cc1ccc(NC(=O)Nc2ccccc2Br)cn1. The molecule has 0 saturated carbocycles. The standard InChI is InChI=1S/C13H12BrN3O/c1-9-6-7-10(8-15-9)16-13(18)17-12-5-3-2-4-11(12)14/h2-8H,1H3,(H2,16,17,18). The summed E-state index contributed by atoms with van der Waals surface area (Å²) >= 11 is 3.36. The molecular weight excluding hydrogens is 294 g/mol. The van der Waals surface area contributed by atoms with Crippen molar-refractivity contribution in [2.45, 2.75) is 6.92 Å². The molecule has 0 bridgehead atoms. The molecule has 0 spiro atoms. The third-order valence-electron chi connectivity index (χ3n) is 2.29. The number of carbonyl (C=O) groups is 1. The van der Waals surface area contributed by atoms with Gasteiger partial charge in [-0.2, -0.15) is 0 Å². The Morgan fingerprint density at radius 2 is 1.94 bits per heavy atom. The first-order valence-corrected chi connectivity index (χ1v) is 6.19. The van der Waals surface area contributed by atoms with Crippen molar-refractivity contribution in [1.29, 1.82) is 0 Å². The van der Waals surface area contributed by atoms with Crippen molar-refractivity contribution in [3.8, 4) is 0 Å². The van der Waals surface area contributed by atoms with E-state index in [-0.39, 0.29) is 6.03 Å². The molecule has 0 aliphatic rings. The van der Waals surface area contributed by atoms with E-state index in [0.29, 0.717) is 5.69 Å². The highest BCUT2D eigenvalue weighted by Crippen LogP contribution is 2.21. The van der Waals surface area contributed by atoms with Gasteiger partial charge in [-0.15, -0.1) is 0 Å². The lowest BCUT2D eigenvalue weighted by Crippen LogP contribution is -2.19. The number of hydrogen-bond donors (Lipinski definition) is 2. The molecule has 0 fully saturated rings. The number of aromatic nitrogens is 1. The van der Waals surface area contributed by atoms with Crippen molar-refractivity contribution >= 4 is 33.3 Å². The van der Waals surface area contributed by atoms with Crippen LogP contribution in [0.2, 0.25) is 0 Å². The number of aryl methyl sites for hydroxylation is 1. The number of rotatable bonds is 2. The van der Waals surface area contributed by atoms with E-state index < -0.39 is 0 Å². The summed E-state index contributed by atoms with van der Waals surface area (Å²) in [6.07, 6.45) is 1.62. The van der Waals surface area contributed by atoms with E-state index in [1.165, 1.54) is 0 Å². The Labute approximate surface area is 114 Å². The first-order valence-electron chi connectivity index (χ1n) is 5.40. The van der Waals surface area contributed by atoms with Crippen molar-refractivity contribution in [2.75, 3.05) is 10.6 Å². The molecule has 92 valence electrons. The summed E-state index contributed by atoms with van der Waals surface area (Å²) < 4.78 is 0.835. The highest BCUT2D eigenvalue weighted by atomic mass is 79.9. The molecule has 18 heavy (non-hydrogen) atoms. The molecule has 4 nitrogen and oxygen atoms in total. The number of urea groups is 1. The van der Waals surface area contributed by atoms with Crippen LogP contribution in [0.25, 0.3) is 0 Å². The molecule has 0 aliphatic carbocycles. The number of amides is 2. The number of carbonyl (C=O) groups excluding carboxylic acids is 1. The van der Waals surface area contributed by atoms with E-state index in [9.17, 15) is 4.79 Å².